The average Bonchev–Trinajstić information content (AvgIpc) is 3.43. The van der Waals surface area contributed by atoms with Gasteiger partial charge >= 0.3 is 0 Å². The van der Waals surface area contributed by atoms with E-state index in [0.29, 0.717) is 55.6 Å². The molecule has 0 unspecified atom stereocenters. The van der Waals surface area contributed by atoms with E-state index in [9.17, 15) is 9.18 Å². The summed E-state index contributed by atoms with van der Waals surface area (Å²) in [5.41, 5.74) is 2.48. The molecule has 6 nitrogen and oxygen atoms in total. The highest BCUT2D eigenvalue weighted by molar-refractivity contribution is 6.30. The molecule has 2 saturated heterocycles. The van der Waals surface area contributed by atoms with Crippen LogP contribution in [0.3, 0.4) is 0 Å². The maximum Gasteiger partial charge on any atom is 0.272 e. The first kappa shape index (κ1) is 20.2. The highest BCUT2D eigenvalue weighted by atomic mass is 35.5. The minimum Gasteiger partial charge on any atom is -0.347 e. The Morgan fingerprint density at radius 2 is 1.65 bits per heavy atom. The van der Waals surface area contributed by atoms with Gasteiger partial charge in [0.15, 0.2) is 5.79 Å². The van der Waals surface area contributed by atoms with Crippen molar-refractivity contribution in [3.05, 3.63) is 71.1 Å². The van der Waals surface area contributed by atoms with Crippen molar-refractivity contribution in [3.63, 3.8) is 0 Å². The number of halogens is 2. The predicted molar refractivity (Wildman–Crippen MR) is 114 cm³/mol. The third-order valence-electron chi connectivity index (χ3n) is 5.77. The van der Waals surface area contributed by atoms with Gasteiger partial charge in [0.1, 0.15) is 11.5 Å². The van der Waals surface area contributed by atoms with Gasteiger partial charge in [-0.1, -0.05) is 11.6 Å². The van der Waals surface area contributed by atoms with E-state index in [2.05, 4.69) is 5.10 Å². The van der Waals surface area contributed by atoms with Crippen LogP contribution in [0.15, 0.2) is 54.6 Å². The van der Waals surface area contributed by atoms with Crippen molar-refractivity contribution in [2.24, 2.45) is 0 Å². The van der Waals surface area contributed by atoms with Crippen LogP contribution in [0.2, 0.25) is 5.02 Å². The second-order valence-corrected chi connectivity index (χ2v) is 8.15. The fraction of sp³-hybridized carbons (Fsp3) is 0.304. The molecule has 0 aliphatic carbocycles. The lowest BCUT2D eigenvalue weighted by molar-refractivity contribution is -0.181. The van der Waals surface area contributed by atoms with Crippen LogP contribution in [0.25, 0.3) is 16.9 Å². The number of piperidine rings is 1. The molecule has 1 amide bonds. The lowest BCUT2D eigenvalue weighted by Crippen LogP contribution is -2.47. The molecule has 3 aromatic rings. The molecule has 2 fully saturated rings. The highest BCUT2D eigenvalue weighted by Gasteiger charge is 2.41. The summed E-state index contributed by atoms with van der Waals surface area (Å²) in [6.07, 6.45) is 1.28. The lowest BCUT2D eigenvalue weighted by Gasteiger charge is -2.37. The molecule has 2 aliphatic rings. The molecule has 2 aliphatic heterocycles. The Morgan fingerprint density at radius 3 is 2.29 bits per heavy atom. The van der Waals surface area contributed by atoms with Crippen molar-refractivity contribution in [2.45, 2.75) is 18.6 Å². The normalized spacial score (nSPS) is 17.9. The smallest absolute Gasteiger partial charge is 0.272 e. The number of amides is 1. The number of ether oxygens (including phenoxy) is 2. The molecule has 2 aromatic carbocycles. The molecule has 31 heavy (non-hydrogen) atoms. The van der Waals surface area contributed by atoms with E-state index >= 15 is 0 Å². The fourth-order valence-corrected chi connectivity index (χ4v) is 4.20. The lowest BCUT2D eigenvalue weighted by atomic mass is 10.0. The van der Waals surface area contributed by atoms with Crippen molar-refractivity contribution >= 4 is 17.5 Å². The van der Waals surface area contributed by atoms with E-state index < -0.39 is 5.79 Å². The maximum absolute atomic E-state index is 13.5. The van der Waals surface area contributed by atoms with Crippen molar-refractivity contribution < 1.29 is 18.7 Å². The predicted octanol–water partition coefficient (Wildman–Crippen LogP) is 4.31. The topological polar surface area (TPSA) is 56.6 Å². The van der Waals surface area contributed by atoms with E-state index in [0.717, 1.165) is 11.3 Å². The Hall–Kier alpha value is -2.74. The molecule has 160 valence electrons. The summed E-state index contributed by atoms with van der Waals surface area (Å²) >= 11 is 6.03. The van der Waals surface area contributed by atoms with Gasteiger partial charge in [0.25, 0.3) is 5.91 Å². The van der Waals surface area contributed by atoms with Crippen molar-refractivity contribution in [2.75, 3.05) is 26.3 Å². The molecule has 5 rings (SSSR count). The number of nitrogens with zero attached hydrogens (tertiary/aromatic N) is 3. The number of likely N-dealkylation sites (tertiary alicyclic amines) is 1. The molecular formula is C23H21ClFN3O3. The van der Waals surface area contributed by atoms with E-state index in [4.69, 9.17) is 21.1 Å². The first-order valence-corrected chi connectivity index (χ1v) is 10.6. The summed E-state index contributed by atoms with van der Waals surface area (Å²) in [4.78, 5) is 15.3. The fourth-order valence-electron chi connectivity index (χ4n) is 4.07. The van der Waals surface area contributed by atoms with Crippen LogP contribution in [0, 0.1) is 5.82 Å². The highest BCUT2D eigenvalue weighted by Crippen LogP contribution is 2.32. The summed E-state index contributed by atoms with van der Waals surface area (Å²) in [5, 5.41) is 5.25. The van der Waals surface area contributed by atoms with Crippen LogP contribution < -0.4 is 0 Å². The van der Waals surface area contributed by atoms with Gasteiger partial charge in [0.05, 0.1) is 24.6 Å². The van der Waals surface area contributed by atoms with Gasteiger partial charge in [-0.3, -0.25) is 4.79 Å². The second kappa shape index (κ2) is 8.07. The molecule has 1 aromatic heterocycles. The number of carbonyl (C=O) groups excluding carboxylic acids is 1. The van der Waals surface area contributed by atoms with Crippen LogP contribution in [0.5, 0.6) is 0 Å². The van der Waals surface area contributed by atoms with E-state index in [1.807, 2.05) is 12.1 Å². The summed E-state index contributed by atoms with van der Waals surface area (Å²) in [7, 11) is 0. The number of carbonyl (C=O) groups is 1. The van der Waals surface area contributed by atoms with Gasteiger partial charge in [0, 0.05) is 36.5 Å². The number of hydrogen-bond donors (Lipinski definition) is 0. The molecule has 0 saturated carbocycles. The Bertz CT molecular complexity index is 1080. The van der Waals surface area contributed by atoms with Gasteiger partial charge in [-0.2, -0.15) is 5.10 Å². The van der Waals surface area contributed by atoms with Crippen molar-refractivity contribution in [1.29, 1.82) is 0 Å². The first-order chi connectivity index (χ1) is 15.0. The maximum atomic E-state index is 13.5. The second-order valence-electron chi connectivity index (χ2n) is 7.71. The summed E-state index contributed by atoms with van der Waals surface area (Å²) < 4.78 is 26.5. The molecule has 3 heterocycles. The van der Waals surface area contributed by atoms with E-state index in [-0.39, 0.29) is 11.7 Å². The number of benzene rings is 2. The Morgan fingerprint density at radius 1 is 1.00 bits per heavy atom. The largest absolute Gasteiger partial charge is 0.347 e. The third kappa shape index (κ3) is 3.96. The minimum absolute atomic E-state index is 0.122. The van der Waals surface area contributed by atoms with E-state index in [1.165, 1.54) is 12.1 Å². The van der Waals surface area contributed by atoms with Crippen LogP contribution in [-0.4, -0.2) is 52.7 Å². The van der Waals surface area contributed by atoms with Gasteiger partial charge in [-0.25, -0.2) is 9.07 Å². The van der Waals surface area contributed by atoms with Gasteiger partial charge in [0.2, 0.25) is 0 Å². The van der Waals surface area contributed by atoms with Crippen molar-refractivity contribution in [1.82, 2.24) is 14.7 Å². The zero-order valence-corrected chi connectivity index (χ0v) is 17.5. The Kier molecular flexibility index (Phi) is 5.25. The van der Waals surface area contributed by atoms with Crippen LogP contribution in [0.4, 0.5) is 4.39 Å². The molecule has 8 heteroatoms. The van der Waals surface area contributed by atoms with Gasteiger partial charge < -0.3 is 14.4 Å². The zero-order valence-electron chi connectivity index (χ0n) is 16.8. The molecular weight excluding hydrogens is 421 g/mol. The van der Waals surface area contributed by atoms with E-state index in [1.54, 1.807) is 39.9 Å². The number of aromatic nitrogens is 2. The monoisotopic (exact) mass is 441 g/mol. The van der Waals surface area contributed by atoms with Crippen LogP contribution in [0.1, 0.15) is 23.3 Å². The molecule has 0 bridgehead atoms. The summed E-state index contributed by atoms with van der Waals surface area (Å²) in [6.45, 7) is 2.27. The summed E-state index contributed by atoms with van der Waals surface area (Å²) in [5.74, 6) is -0.994. The number of rotatable bonds is 3. The molecule has 0 atom stereocenters. The average molecular weight is 442 g/mol. The van der Waals surface area contributed by atoms with Crippen molar-refractivity contribution in [3.8, 4) is 16.9 Å². The zero-order chi connectivity index (χ0) is 21.4. The number of hydrogen-bond acceptors (Lipinski definition) is 4. The van der Waals surface area contributed by atoms with Gasteiger partial charge in [-0.15, -0.1) is 0 Å². The molecule has 0 radical (unpaired) electrons. The first-order valence-electron chi connectivity index (χ1n) is 10.2. The SMILES string of the molecule is O=C(c1cc(-c2ccc(F)cc2)nn1-c1ccc(Cl)cc1)N1CCC2(CC1)OCCO2. The van der Waals surface area contributed by atoms with Crippen LogP contribution in [-0.2, 0) is 9.47 Å². The standard InChI is InChI=1S/C23H21ClFN3O3/c24-17-3-7-19(8-4-17)28-21(15-20(26-28)16-1-5-18(25)6-2-16)22(29)27-11-9-23(10-12-27)30-13-14-31-23/h1-8,15H,9-14H2. The summed E-state index contributed by atoms with van der Waals surface area (Å²) in [6, 6.07) is 14.9. The minimum atomic E-state index is -0.549. The Labute approximate surface area is 184 Å². The molecule has 1 spiro atoms. The van der Waals surface area contributed by atoms with Gasteiger partial charge in [-0.05, 0) is 54.6 Å². The van der Waals surface area contributed by atoms with Crippen LogP contribution >= 0.6 is 11.6 Å². The quantitative estimate of drug-likeness (QED) is 0.607. The third-order valence-corrected chi connectivity index (χ3v) is 6.02. The molecule has 0 N–H and O–H groups in total. The Balaban J connectivity index is 1.48.